The van der Waals surface area contributed by atoms with Gasteiger partial charge in [-0.05, 0) is 54.5 Å². The number of anilines is 1. The van der Waals surface area contributed by atoms with Gasteiger partial charge >= 0.3 is 0 Å². The van der Waals surface area contributed by atoms with Gasteiger partial charge in [0, 0.05) is 16.3 Å². The Morgan fingerprint density at radius 2 is 1.96 bits per heavy atom. The van der Waals surface area contributed by atoms with Crippen molar-refractivity contribution in [3.8, 4) is 11.4 Å². The minimum atomic E-state index is -0.159. The maximum absolute atomic E-state index is 12.5. The maximum Gasteiger partial charge on any atom is 0.244 e. The van der Waals surface area contributed by atoms with Gasteiger partial charge in [-0.25, -0.2) is 0 Å². The summed E-state index contributed by atoms with van der Waals surface area (Å²) in [5, 5.41) is 10.6. The van der Waals surface area contributed by atoms with Crippen LogP contribution >= 0.6 is 23.8 Å². The van der Waals surface area contributed by atoms with E-state index in [9.17, 15) is 4.79 Å². The number of rotatable bonds is 5. The van der Waals surface area contributed by atoms with E-state index >= 15 is 0 Å². The summed E-state index contributed by atoms with van der Waals surface area (Å²) >= 11 is 11.2. The summed E-state index contributed by atoms with van der Waals surface area (Å²) in [5.41, 5.74) is 2.74. The summed E-state index contributed by atoms with van der Waals surface area (Å²) in [7, 11) is 0. The second-order valence-electron chi connectivity index (χ2n) is 5.50. The molecule has 3 aromatic rings. The van der Waals surface area contributed by atoms with E-state index in [0.717, 1.165) is 23.2 Å². The minimum absolute atomic E-state index is 0.0747. The Morgan fingerprint density at radius 1 is 1.24 bits per heavy atom. The maximum atomic E-state index is 12.5. The van der Waals surface area contributed by atoms with Crippen molar-refractivity contribution in [3.05, 3.63) is 63.9 Å². The van der Waals surface area contributed by atoms with Gasteiger partial charge in [0.25, 0.3) is 0 Å². The van der Waals surface area contributed by atoms with Crippen molar-refractivity contribution in [1.29, 1.82) is 0 Å². The monoisotopic (exact) mass is 372 g/mol. The van der Waals surface area contributed by atoms with Crippen LogP contribution in [0.1, 0.15) is 12.5 Å². The van der Waals surface area contributed by atoms with Crippen molar-refractivity contribution < 1.29 is 4.79 Å². The van der Waals surface area contributed by atoms with Gasteiger partial charge in [0.05, 0.1) is 0 Å². The summed E-state index contributed by atoms with van der Waals surface area (Å²) in [6.45, 7) is 2.13. The molecule has 0 saturated carbocycles. The second-order valence-corrected chi connectivity index (χ2v) is 6.33. The van der Waals surface area contributed by atoms with Gasteiger partial charge in [-0.15, -0.1) is 0 Å². The van der Waals surface area contributed by atoms with Gasteiger partial charge in [0.1, 0.15) is 6.54 Å². The van der Waals surface area contributed by atoms with Crippen LogP contribution in [-0.4, -0.2) is 20.7 Å². The third-order valence-corrected chi connectivity index (χ3v) is 4.40. The number of amides is 1. The number of halogens is 1. The van der Waals surface area contributed by atoms with Crippen LogP contribution in [0.15, 0.2) is 48.5 Å². The molecular weight excluding hydrogens is 356 g/mol. The van der Waals surface area contributed by atoms with Crippen LogP contribution in [0.5, 0.6) is 0 Å². The molecule has 5 nitrogen and oxygen atoms in total. The van der Waals surface area contributed by atoms with E-state index in [1.165, 1.54) is 0 Å². The van der Waals surface area contributed by atoms with Crippen LogP contribution in [0.4, 0.5) is 5.69 Å². The SMILES string of the molecule is CCc1ccccc1NC(=O)Cn1c(-c2ccc(Cl)cc2)n[nH]c1=S. The Kier molecular flexibility index (Phi) is 5.31. The number of nitrogens with one attached hydrogen (secondary N) is 2. The fraction of sp³-hybridized carbons (Fsp3) is 0.167. The third-order valence-electron chi connectivity index (χ3n) is 3.83. The quantitative estimate of drug-likeness (QED) is 0.650. The van der Waals surface area contributed by atoms with Crippen LogP contribution in [0, 0.1) is 4.77 Å². The largest absolute Gasteiger partial charge is 0.324 e. The number of aromatic nitrogens is 3. The number of H-pyrrole nitrogens is 1. The number of carbonyl (C=O) groups is 1. The Bertz CT molecular complexity index is 946. The van der Waals surface area contributed by atoms with E-state index in [2.05, 4.69) is 22.4 Å². The van der Waals surface area contributed by atoms with Crippen molar-refractivity contribution in [3.63, 3.8) is 0 Å². The molecule has 3 rings (SSSR count). The summed E-state index contributed by atoms with van der Waals surface area (Å²) in [6, 6.07) is 15.0. The molecule has 2 aromatic carbocycles. The number of hydrogen-bond acceptors (Lipinski definition) is 3. The van der Waals surface area contributed by atoms with Crippen molar-refractivity contribution in [2.75, 3.05) is 5.32 Å². The van der Waals surface area contributed by atoms with E-state index < -0.39 is 0 Å². The van der Waals surface area contributed by atoms with Gasteiger partial charge < -0.3 is 5.32 Å². The molecule has 0 radical (unpaired) electrons. The first kappa shape index (κ1) is 17.4. The fourth-order valence-electron chi connectivity index (χ4n) is 2.57. The van der Waals surface area contributed by atoms with Gasteiger partial charge in [-0.2, -0.15) is 5.10 Å². The van der Waals surface area contributed by atoms with Gasteiger partial charge in [0.15, 0.2) is 10.6 Å². The lowest BCUT2D eigenvalue weighted by atomic mass is 10.1. The average molecular weight is 373 g/mol. The van der Waals surface area contributed by atoms with Crippen molar-refractivity contribution in [2.45, 2.75) is 19.9 Å². The lowest BCUT2D eigenvalue weighted by molar-refractivity contribution is -0.116. The molecule has 0 spiro atoms. The summed E-state index contributed by atoms with van der Waals surface area (Å²) < 4.78 is 2.06. The molecule has 1 amide bonds. The number of benzene rings is 2. The highest BCUT2D eigenvalue weighted by Gasteiger charge is 2.13. The van der Waals surface area contributed by atoms with Crippen molar-refractivity contribution >= 4 is 35.4 Å². The number of aryl methyl sites for hydroxylation is 1. The zero-order valence-electron chi connectivity index (χ0n) is 13.6. The van der Waals surface area contributed by atoms with Crippen LogP contribution < -0.4 is 5.32 Å². The summed E-state index contributed by atoms with van der Waals surface area (Å²) in [5.74, 6) is 0.439. The average Bonchev–Trinajstić information content (AvgIpc) is 2.97. The molecule has 0 bridgehead atoms. The lowest BCUT2D eigenvalue weighted by Gasteiger charge is -2.11. The van der Waals surface area contributed by atoms with Gasteiger partial charge in [-0.3, -0.25) is 14.5 Å². The van der Waals surface area contributed by atoms with E-state index in [-0.39, 0.29) is 12.5 Å². The van der Waals surface area contributed by atoms with E-state index in [0.29, 0.717) is 15.6 Å². The molecule has 7 heteroatoms. The smallest absolute Gasteiger partial charge is 0.244 e. The van der Waals surface area contributed by atoms with Crippen LogP contribution in [-0.2, 0) is 17.8 Å². The lowest BCUT2D eigenvalue weighted by Crippen LogP contribution is -2.20. The zero-order chi connectivity index (χ0) is 17.8. The zero-order valence-corrected chi connectivity index (χ0v) is 15.2. The molecule has 0 aliphatic heterocycles. The number of nitrogens with zero attached hydrogens (tertiary/aromatic N) is 2. The molecule has 25 heavy (non-hydrogen) atoms. The van der Waals surface area contributed by atoms with Gasteiger partial charge in [-0.1, -0.05) is 36.7 Å². The third kappa shape index (κ3) is 3.97. The van der Waals surface area contributed by atoms with E-state index in [4.69, 9.17) is 23.8 Å². The number of carbonyl (C=O) groups excluding carboxylic acids is 1. The van der Waals surface area contributed by atoms with E-state index in [1.807, 2.05) is 36.4 Å². The Labute approximate surface area is 155 Å². The molecule has 0 unspecified atom stereocenters. The fourth-order valence-corrected chi connectivity index (χ4v) is 2.89. The van der Waals surface area contributed by atoms with Crippen molar-refractivity contribution in [2.24, 2.45) is 0 Å². The van der Waals surface area contributed by atoms with Crippen LogP contribution in [0.2, 0.25) is 5.02 Å². The molecule has 1 aromatic heterocycles. The molecule has 0 aliphatic rings. The highest BCUT2D eigenvalue weighted by Crippen LogP contribution is 2.20. The molecule has 0 saturated heterocycles. The second kappa shape index (κ2) is 7.63. The van der Waals surface area contributed by atoms with Crippen LogP contribution in [0.25, 0.3) is 11.4 Å². The first-order valence-electron chi connectivity index (χ1n) is 7.87. The van der Waals surface area contributed by atoms with Crippen LogP contribution in [0.3, 0.4) is 0 Å². The Morgan fingerprint density at radius 3 is 2.68 bits per heavy atom. The number of para-hydroxylation sites is 1. The molecular formula is C18H17ClN4OS. The molecule has 1 heterocycles. The first-order valence-corrected chi connectivity index (χ1v) is 8.66. The highest BCUT2D eigenvalue weighted by molar-refractivity contribution is 7.71. The molecule has 0 fully saturated rings. The highest BCUT2D eigenvalue weighted by atomic mass is 35.5. The summed E-state index contributed by atoms with van der Waals surface area (Å²) in [6.07, 6.45) is 0.845. The standard InChI is InChI=1S/C18H17ClN4OS/c1-2-12-5-3-4-6-15(12)20-16(24)11-23-17(21-22-18(23)25)13-7-9-14(19)10-8-13/h3-10H,2,11H2,1H3,(H,20,24)(H,22,25). The van der Waals surface area contributed by atoms with E-state index in [1.54, 1.807) is 16.7 Å². The first-order chi connectivity index (χ1) is 12.1. The Balaban J connectivity index is 1.83. The van der Waals surface area contributed by atoms with Gasteiger partial charge in [0.2, 0.25) is 5.91 Å². The Hall–Kier alpha value is -2.44. The molecule has 0 atom stereocenters. The molecule has 2 N–H and O–H groups in total. The normalized spacial score (nSPS) is 10.6. The summed E-state index contributed by atoms with van der Waals surface area (Å²) in [4.78, 5) is 12.5. The van der Waals surface area contributed by atoms with Crippen molar-refractivity contribution in [1.82, 2.24) is 14.8 Å². The predicted molar refractivity (Wildman–Crippen MR) is 102 cm³/mol. The predicted octanol–water partition coefficient (Wildman–Crippen LogP) is 4.46. The number of aromatic amines is 1. The topological polar surface area (TPSA) is 62.7 Å². The minimum Gasteiger partial charge on any atom is -0.324 e. The molecule has 128 valence electrons. The molecule has 0 aliphatic carbocycles. The number of hydrogen-bond donors (Lipinski definition) is 2.